The van der Waals surface area contributed by atoms with Crippen LogP contribution in [0, 0.1) is 0 Å². The lowest BCUT2D eigenvalue weighted by Crippen LogP contribution is -2.39. The van der Waals surface area contributed by atoms with E-state index in [0.717, 1.165) is 18.6 Å². The summed E-state index contributed by atoms with van der Waals surface area (Å²) in [5, 5.41) is 3.13. The van der Waals surface area contributed by atoms with E-state index in [4.69, 9.17) is 14.2 Å². The predicted octanol–water partition coefficient (Wildman–Crippen LogP) is 3.95. The molecule has 5 nitrogen and oxygen atoms in total. The van der Waals surface area contributed by atoms with E-state index in [0.29, 0.717) is 23.6 Å². The molecule has 0 atom stereocenters. The fraction of sp³-hybridized carbons (Fsp3) is 0.409. The molecule has 2 aromatic carbocycles. The van der Waals surface area contributed by atoms with E-state index in [9.17, 15) is 4.79 Å². The van der Waals surface area contributed by atoms with Gasteiger partial charge >= 0.3 is 0 Å². The first-order valence-corrected chi connectivity index (χ1v) is 9.26. The highest BCUT2D eigenvalue weighted by Crippen LogP contribution is 2.41. The van der Waals surface area contributed by atoms with Crippen molar-refractivity contribution in [2.75, 3.05) is 27.9 Å². The Bertz CT molecular complexity index is 757. The number of carbonyl (C=O) groups is 1. The normalized spacial score (nSPS) is 15.2. The predicted molar refractivity (Wildman–Crippen MR) is 105 cm³/mol. The van der Waals surface area contributed by atoms with Gasteiger partial charge < -0.3 is 19.5 Å². The number of methoxy groups -OCH3 is 3. The summed E-state index contributed by atoms with van der Waals surface area (Å²) in [5.41, 5.74) is 1.77. The van der Waals surface area contributed by atoms with Crippen LogP contribution < -0.4 is 19.5 Å². The Morgan fingerprint density at radius 1 is 0.889 bits per heavy atom. The first-order valence-electron chi connectivity index (χ1n) is 9.26. The lowest BCUT2D eigenvalue weighted by Gasteiger charge is -2.30. The van der Waals surface area contributed by atoms with E-state index in [1.54, 1.807) is 39.5 Å². The minimum Gasteiger partial charge on any atom is -0.497 e. The molecular formula is C22H27NO4. The SMILES string of the molecule is COc1ccc(C2(CNC(=O)c3cc(OC)cc(OC)c3)CCCC2)cc1. The van der Waals surface area contributed by atoms with Crippen molar-refractivity contribution in [2.45, 2.75) is 31.1 Å². The van der Waals surface area contributed by atoms with Crippen LogP contribution in [-0.2, 0) is 5.41 Å². The van der Waals surface area contributed by atoms with Crippen molar-refractivity contribution in [1.82, 2.24) is 5.32 Å². The maximum Gasteiger partial charge on any atom is 0.251 e. The van der Waals surface area contributed by atoms with Gasteiger partial charge in [0.1, 0.15) is 17.2 Å². The van der Waals surface area contributed by atoms with Crippen molar-refractivity contribution in [3.8, 4) is 17.2 Å². The van der Waals surface area contributed by atoms with E-state index >= 15 is 0 Å². The number of carbonyl (C=O) groups excluding carboxylic acids is 1. The summed E-state index contributed by atoms with van der Waals surface area (Å²) < 4.78 is 15.8. The molecule has 1 fully saturated rings. The Kier molecular flexibility index (Phi) is 5.89. The molecule has 2 aromatic rings. The van der Waals surface area contributed by atoms with E-state index in [2.05, 4.69) is 17.4 Å². The zero-order chi connectivity index (χ0) is 19.3. The summed E-state index contributed by atoms with van der Waals surface area (Å²) >= 11 is 0. The van der Waals surface area contributed by atoms with Gasteiger partial charge in [-0.15, -0.1) is 0 Å². The number of amides is 1. The molecule has 0 saturated heterocycles. The van der Waals surface area contributed by atoms with Crippen LogP contribution >= 0.6 is 0 Å². The summed E-state index contributed by atoms with van der Waals surface area (Å²) in [4.78, 5) is 12.8. The summed E-state index contributed by atoms with van der Waals surface area (Å²) in [5.74, 6) is 1.93. The fourth-order valence-electron chi connectivity index (χ4n) is 3.85. The molecule has 0 unspecified atom stereocenters. The Morgan fingerprint density at radius 2 is 1.44 bits per heavy atom. The van der Waals surface area contributed by atoms with Crippen molar-refractivity contribution < 1.29 is 19.0 Å². The van der Waals surface area contributed by atoms with Crippen molar-refractivity contribution in [1.29, 1.82) is 0 Å². The van der Waals surface area contributed by atoms with Gasteiger partial charge in [0.05, 0.1) is 21.3 Å². The smallest absolute Gasteiger partial charge is 0.251 e. The fourth-order valence-corrected chi connectivity index (χ4v) is 3.85. The Hall–Kier alpha value is -2.69. The van der Waals surface area contributed by atoms with E-state index in [1.165, 1.54) is 18.4 Å². The first-order chi connectivity index (χ1) is 13.1. The summed E-state index contributed by atoms with van der Waals surface area (Å²) in [6.45, 7) is 0.609. The largest absolute Gasteiger partial charge is 0.497 e. The Balaban J connectivity index is 1.77. The molecule has 1 N–H and O–H groups in total. The molecule has 1 aliphatic rings. The van der Waals surface area contributed by atoms with Crippen molar-refractivity contribution in [3.63, 3.8) is 0 Å². The number of hydrogen-bond acceptors (Lipinski definition) is 4. The van der Waals surface area contributed by atoms with Crippen LogP contribution in [0.25, 0.3) is 0 Å². The first kappa shape index (κ1) is 19.1. The van der Waals surface area contributed by atoms with Crippen LogP contribution in [0.1, 0.15) is 41.6 Å². The van der Waals surface area contributed by atoms with Crippen LogP contribution in [0.3, 0.4) is 0 Å². The topological polar surface area (TPSA) is 56.8 Å². The van der Waals surface area contributed by atoms with Crippen LogP contribution in [-0.4, -0.2) is 33.8 Å². The van der Waals surface area contributed by atoms with Gasteiger partial charge in [-0.2, -0.15) is 0 Å². The number of nitrogens with one attached hydrogen (secondary N) is 1. The molecule has 0 spiro atoms. The van der Waals surface area contributed by atoms with Crippen molar-refractivity contribution in [3.05, 3.63) is 53.6 Å². The highest BCUT2D eigenvalue weighted by atomic mass is 16.5. The standard InChI is InChI=1S/C22H27NO4/c1-25-18-8-6-17(7-9-18)22(10-4-5-11-22)15-23-21(24)16-12-19(26-2)14-20(13-16)27-3/h6-9,12-14H,4-5,10-11,15H2,1-3H3,(H,23,24). The second kappa shape index (κ2) is 8.33. The van der Waals surface area contributed by atoms with E-state index in [1.807, 2.05) is 12.1 Å². The Labute approximate surface area is 160 Å². The molecule has 5 heteroatoms. The van der Waals surface area contributed by atoms with Crippen molar-refractivity contribution >= 4 is 5.91 Å². The van der Waals surface area contributed by atoms with E-state index < -0.39 is 0 Å². The lowest BCUT2D eigenvalue weighted by molar-refractivity contribution is 0.0942. The van der Waals surface area contributed by atoms with Gasteiger partial charge in [-0.25, -0.2) is 0 Å². The third-order valence-electron chi connectivity index (χ3n) is 5.46. The molecular weight excluding hydrogens is 342 g/mol. The molecule has 1 saturated carbocycles. The van der Waals surface area contributed by atoms with Crippen LogP contribution in [0.5, 0.6) is 17.2 Å². The number of hydrogen-bond donors (Lipinski definition) is 1. The van der Waals surface area contributed by atoms with Gasteiger partial charge in [0.2, 0.25) is 0 Å². The maximum atomic E-state index is 12.8. The third-order valence-corrected chi connectivity index (χ3v) is 5.46. The van der Waals surface area contributed by atoms with E-state index in [-0.39, 0.29) is 11.3 Å². The summed E-state index contributed by atoms with van der Waals surface area (Å²) in [7, 11) is 4.82. The number of benzene rings is 2. The Morgan fingerprint density at radius 3 is 1.96 bits per heavy atom. The average Bonchev–Trinajstić information content (AvgIpc) is 3.21. The van der Waals surface area contributed by atoms with Gasteiger partial charge in [0.15, 0.2) is 0 Å². The zero-order valence-electron chi connectivity index (χ0n) is 16.2. The molecule has 3 rings (SSSR count). The molecule has 144 valence electrons. The van der Waals surface area contributed by atoms with Crippen molar-refractivity contribution in [2.24, 2.45) is 0 Å². The minimum atomic E-state index is -0.119. The third kappa shape index (κ3) is 4.18. The molecule has 1 amide bonds. The zero-order valence-corrected chi connectivity index (χ0v) is 16.2. The second-order valence-corrected chi connectivity index (χ2v) is 7.00. The number of ether oxygens (including phenoxy) is 3. The van der Waals surface area contributed by atoms with Gasteiger partial charge in [-0.05, 0) is 42.7 Å². The molecule has 1 aliphatic carbocycles. The highest BCUT2D eigenvalue weighted by molar-refractivity contribution is 5.95. The highest BCUT2D eigenvalue weighted by Gasteiger charge is 2.36. The van der Waals surface area contributed by atoms with Gasteiger partial charge in [0, 0.05) is 23.6 Å². The maximum absolute atomic E-state index is 12.8. The molecule has 27 heavy (non-hydrogen) atoms. The molecule has 0 aliphatic heterocycles. The van der Waals surface area contributed by atoms with Gasteiger partial charge in [0.25, 0.3) is 5.91 Å². The molecule has 0 bridgehead atoms. The lowest BCUT2D eigenvalue weighted by atomic mass is 9.78. The number of rotatable bonds is 7. The van der Waals surface area contributed by atoms with Crippen LogP contribution in [0.2, 0.25) is 0 Å². The summed E-state index contributed by atoms with van der Waals surface area (Å²) in [6.07, 6.45) is 4.49. The monoisotopic (exact) mass is 369 g/mol. The van der Waals surface area contributed by atoms with Crippen LogP contribution in [0.4, 0.5) is 0 Å². The minimum absolute atomic E-state index is 0.0229. The second-order valence-electron chi connectivity index (χ2n) is 7.00. The van der Waals surface area contributed by atoms with Gasteiger partial charge in [-0.3, -0.25) is 4.79 Å². The van der Waals surface area contributed by atoms with Crippen LogP contribution in [0.15, 0.2) is 42.5 Å². The molecule has 0 heterocycles. The summed E-state index contributed by atoms with van der Waals surface area (Å²) in [6, 6.07) is 13.4. The quantitative estimate of drug-likeness (QED) is 0.803. The molecule has 0 radical (unpaired) electrons. The molecule has 0 aromatic heterocycles. The average molecular weight is 369 g/mol. The van der Waals surface area contributed by atoms with Gasteiger partial charge in [-0.1, -0.05) is 25.0 Å².